The molecule has 108 valence electrons. The van der Waals surface area contributed by atoms with Gasteiger partial charge in [-0.15, -0.1) is 5.10 Å². The van der Waals surface area contributed by atoms with Gasteiger partial charge in [-0.3, -0.25) is 9.59 Å². The molecule has 0 saturated carbocycles. The number of anilines is 1. The lowest BCUT2D eigenvalue weighted by Gasteiger charge is -2.03. The molecule has 0 aliphatic heterocycles. The molecule has 0 aliphatic rings. The van der Waals surface area contributed by atoms with Gasteiger partial charge < -0.3 is 21.2 Å². The van der Waals surface area contributed by atoms with Gasteiger partial charge in [-0.1, -0.05) is 5.10 Å². The molecule has 10 heteroatoms. The topological polar surface area (TPSA) is 144 Å². The number of aromatic amines is 1. The van der Waals surface area contributed by atoms with E-state index in [-0.39, 0.29) is 10.2 Å². The van der Waals surface area contributed by atoms with Crippen molar-refractivity contribution in [3.63, 3.8) is 0 Å². The molecule has 0 bridgehead atoms. The molecular formula is C11H8BrN5O4. The number of nitrogens with one attached hydrogen (secondary N) is 2. The second kappa shape index (κ2) is 5.71. The fraction of sp³-hybridized carbons (Fsp3) is 0. The number of H-pyrrole nitrogens is 1. The van der Waals surface area contributed by atoms with Crippen LogP contribution in [0.4, 0.5) is 11.5 Å². The molecular weight excluding hydrogens is 346 g/mol. The van der Waals surface area contributed by atoms with Crippen molar-refractivity contribution in [3.05, 3.63) is 50.1 Å². The minimum Gasteiger partial charge on any atom is -0.366 e. The maximum Gasteiger partial charge on any atom is 0.357 e. The predicted octanol–water partition coefficient (Wildman–Crippen LogP) is 1.43. The first-order chi connectivity index (χ1) is 9.90. The lowest BCUT2D eigenvalue weighted by molar-refractivity contribution is -0.390. The zero-order chi connectivity index (χ0) is 15.6. The molecule has 0 unspecified atom stereocenters. The standard InChI is InChI=1S/C11H8BrN5O4/c12-7-8(15-16-10(7)17(20)21)11(19)14-6-3-1-5(2-4-6)9(13)18/h1-4H,(H2,13,18)(H,14,19)(H,15,16). The van der Waals surface area contributed by atoms with E-state index in [9.17, 15) is 19.7 Å². The van der Waals surface area contributed by atoms with E-state index in [0.29, 0.717) is 11.3 Å². The van der Waals surface area contributed by atoms with Crippen LogP contribution in [0.1, 0.15) is 20.8 Å². The number of aromatic nitrogens is 2. The lowest BCUT2D eigenvalue weighted by atomic mass is 10.2. The van der Waals surface area contributed by atoms with Gasteiger partial charge in [-0.2, -0.15) is 0 Å². The van der Waals surface area contributed by atoms with E-state index in [1.807, 2.05) is 0 Å². The van der Waals surface area contributed by atoms with Crippen LogP contribution in [-0.4, -0.2) is 26.9 Å². The molecule has 2 amide bonds. The van der Waals surface area contributed by atoms with Crippen molar-refractivity contribution in [2.24, 2.45) is 5.73 Å². The number of rotatable bonds is 4. The molecule has 1 heterocycles. The fourth-order valence-electron chi connectivity index (χ4n) is 1.50. The van der Waals surface area contributed by atoms with Crippen molar-refractivity contribution in [2.45, 2.75) is 0 Å². The Morgan fingerprint density at radius 3 is 2.43 bits per heavy atom. The Morgan fingerprint density at radius 2 is 1.95 bits per heavy atom. The lowest BCUT2D eigenvalue weighted by Crippen LogP contribution is -2.14. The summed E-state index contributed by atoms with van der Waals surface area (Å²) in [4.78, 5) is 32.8. The van der Waals surface area contributed by atoms with E-state index >= 15 is 0 Å². The Morgan fingerprint density at radius 1 is 1.33 bits per heavy atom. The molecule has 2 aromatic rings. The van der Waals surface area contributed by atoms with Crippen LogP contribution in [0.3, 0.4) is 0 Å². The second-order valence-electron chi connectivity index (χ2n) is 3.89. The zero-order valence-electron chi connectivity index (χ0n) is 10.3. The number of nitrogens with two attached hydrogens (primary N) is 1. The summed E-state index contributed by atoms with van der Waals surface area (Å²) in [6.07, 6.45) is 0. The van der Waals surface area contributed by atoms with E-state index < -0.39 is 22.6 Å². The third kappa shape index (κ3) is 3.05. The van der Waals surface area contributed by atoms with Gasteiger partial charge in [0.25, 0.3) is 5.91 Å². The molecule has 1 aromatic carbocycles. The number of hydrogen-bond acceptors (Lipinski definition) is 5. The molecule has 0 radical (unpaired) electrons. The van der Waals surface area contributed by atoms with Crippen LogP contribution in [0, 0.1) is 10.1 Å². The number of carbonyl (C=O) groups is 2. The largest absolute Gasteiger partial charge is 0.366 e. The average Bonchev–Trinajstić information content (AvgIpc) is 2.81. The van der Waals surface area contributed by atoms with Crippen LogP contribution >= 0.6 is 15.9 Å². The maximum atomic E-state index is 12.0. The van der Waals surface area contributed by atoms with E-state index in [1.165, 1.54) is 24.3 Å². The van der Waals surface area contributed by atoms with Gasteiger partial charge in [0.05, 0.1) is 0 Å². The summed E-state index contributed by atoms with van der Waals surface area (Å²) >= 11 is 2.94. The molecule has 0 atom stereocenters. The molecule has 0 aliphatic carbocycles. The van der Waals surface area contributed by atoms with Gasteiger partial charge in [-0.25, -0.2) is 0 Å². The summed E-state index contributed by atoms with van der Waals surface area (Å²) in [5.74, 6) is -1.64. The van der Waals surface area contributed by atoms with Crippen molar-refractivity contribution in [3.8, 4) is 0 Å². The first-order valence-corrected chi connectivity index (χ1v) is 6.29. The number of halogens is 1. The van der Waals surface area contributed by atoms with Crippen LogP contribution < -0.4 is 11.1 Å². The van der Waals surface area contributed by atoms with Crippen LogP contribution in [-0.2, 0) is 0 Å². The molecule has 0 saturated heterocycles. The smallest absolute Gasteiger partial charge is 0.357 e. The first-order valence-electron chi connectivity index (χ1n) is 5.49. The Bertz CT molecular complexity index is 725. The van der Waals surface area contributed by atoms with Crippen molar-refractivity contribution >= 4 is 39.2 Å². The van der Waals surface area contributed by atoms with Crippen LogP contribution in [0.25, 0.3) is 0 Å². The number of hydrogen-bond donors (Lipinski definition) is 3. The van der Waals surface area contributed by atoms with E-state index in [0.717, 1.165) is 0 Å². The fourth-order valence-corrected chi connectivity index (χ4v) is 2.00. The van der Waals surface area contributed by atoms with Crippen molar-refractivity contribution < 1.29 is 14.5 Å². The quantitative estimate of drug-likeness (QED) is 0.562. The van der Waals surface area contributed by atoms with Gasteiger partial charge in [0, 0.05) is 11.3 Å². The number of amides is 2. The second-order valence-corrected chi connectivity index (χ2v) is 4.68. The van der Waals surface area contributed by atoms with Gasteiger partial charge in [-0.05, 0) is 45.1 Å². The third-order valence-corrected chi connectivity index (χ3v) is 3.27. The summed E-state index contributed by atoms with van der Waals surface area (Å²) in [5.41, 5.74) is 5.63. The van der Waals surface area contributed by atoms with Crippen LogP contribution in [0.5, 0.6) is 0 Å². The summed E-state index contributed by atoms with van der Waals surface area (Å²) < 4.78 is -0.0428. The number of benzene rings is 1. The van der Waals surface area contributed by atoms with E-state index in [2.05, 4.69) is 31.4 Å². The SMILES string of the molecule is NC(=O)c1ccc(NC(=O)c2n[nH]c([N+](=O)[O-])c2Br)cc1. The predicted molar refractivity (Wildman–Crippen MR) is 75.9 cm³/mol. The Hall–Kier alpha value is -2.75. The highest BCUT2D eigenvalue weighted by Gasteiger charge is 2.24. The molecule has 0 fully saturated rings. The van der Waals surface area contributed by atoms with Crippen molar-refractivity contribution in [2.75, 3.05) is 5.32 Å². The van der Waals surface area contributed by atoms with E-state index in [1.54, 1.807) is 0 Å². The van der Waals surface area contributed by atoms with Crippen molar-refractivity contribution in [1.82, 2.24) is 10.2 Å². The van der Waals surface area contributed by atoms with E-state index in [4.69, 9.17) is 5.73 Å². The average molecular weight is 354 g/mol. The highest BCUT2D eigenvalue weighted by molar-refractivity contribution is 9.10. The highest BCUT2D eigenvalue weighted by atomic mass is 79.9. The molecule has 1 aromatic heterocycles. The third-order valence-electron chi connectivity index (χ3n) is 2.51. The normalized spacial score (nSPS) is 10.1. The van der Waals surface area contributed by atoms with Gasteiger partial charge in [0.2, 0.25) is 5.91 Å². The van der Waals surface area contributed by atoms with Crippen LogP contribution in [0.2, 0.25) is 0 Å². The minimum absolute atomic E-state index is 0.0428. The summed E-state index contributed by atoms with van der Waals surface area (Å²) in [5, 5.41) is 18.9. The molecule has 2 rings (SSSR count). The molecule has 4 N–H and O–H groups in total. The zero-order valence-corrected chi connectivity index (χ0v) is 11.9. The molecule has 21 heavy (non-hydrogen) atoms. The number of nitrogens with zero attached hydrogens (tertiary/aromatic N) is 2. The van der Waals surface area contributed by atoms with Gasteiger partial charge in [0.15, 0.2) is 5.69 Å². The molecule has 0 spiro atoms. The minimum atomic E-state index is -0.699. The highest BCUT2D eigenvalue weighted by Crippen LogP contribution is 2.26. The Balaban J connectivity index is 2.18. The number of carbonyl (C=O) groups excluding carboxylic acids is 2. The molecule has 9 nitrogen and oxygen atoms in total. The maximum absolute atomic E-state index is 12.0. The summed E-state index contributed by atoms with van der Waals surface area (Å²) in [6.45, 7) is 0. The monoisotopic (exact) mass is 353 g/mol. The van der Waals surface area contributed by atoms with Crippen molar-refractivity contribution in [1.29, 1.82) is 0 Å². The first kappa shape index (κ1) is 14.7. The Labute approximate surface area is 125 Å². The summed E-state index contributed by atoms with van der Waals surface area (Å²) in [7, 11) is 0. The van der Waals surface area contributed by atoms with Gasteiger partial charge in [0.1, 0.15) is 4.47 Å². The number of nitro groups is 1. The van der Waals surface area contributed by atoms with Gasteiger partial charge >= 0.3 is 5.82 Å². The summed E-state index contributed by atoms with van der Waals surface area (Å²) in [6, 6.07) is 5.85. The van der Waals surface area contributed by atoms with Crippen LogP contribution in [0.15, 0.2) is 28.7 Å². The Kier molecular flexibility index (Phi) is 3.98. The number of primary amides is 1.